The van der Waals surface area contributed by atoms with Gasteiger partial charge in [0.2, 0.25) is 0 Å². The fourth-order valence-corrected chi connectivity index (χ4v) is 2.23. The van der Waals surface area contributed by atoms with E-state index in [0.717, 1.165) is 22.4 Å². The number of benzene rings is 2. The number of ether oxygens (including phenoxy) is 2. The van der Waals surface area contributed by atoms with E-state index in [0.29, 0.717) is 6.61 Å². The SMILES string of the molecule is Cc1cc(OCc2ccccc2)ccc1CC(=O)OC(C)(C)C. The molecule has 0 unspecified atom stereocenters. The Bertz CT molecular complexity index is 654. The van der Waals surface area contributed by atoms with Crippen LogP contribution < -0.4 is 4.74 Å². The van der Waals surface area contributed by atoms with Gasteiger partial charge in [0.25, 0.3) is 0 Å². The van der Waals surface area contributed by atoms with Gasteiger partial charge in [0.15, 0.2) is 0 Å². The quantitative estimate of drug-likeness (QED) is 0.765. The van der Waals surface area contributed by atoms with E-state index in [1.807, 2.05) is 76.2 Å². The van der Waals surface area contributed by atoms with E-state index < -0.39 is 5.60 Å². The standard InChI is InChI=1S/C20H24O3/c1-15-12-18(22-14-16-8-6-5-7-9-16)11-10-17(15)13-19(21)23-20(2,3)4/h5-12H,13-14H2,1-4H3. The second kappa shape index (κ2) is 7.32. The molecule has 0 atom stereocenters. The van der Waals surface area contributed by atoms with Gasteiger partial charge in [0.1, 0.15) is 18.0 Å². The van der Waals surface area contributed by atoms with Crippen LogP contribution in [0.4, 0.5) is 0 Å². The number of esters is 1. The smallest absolute Gasteiger partial charge is 0.310 e. The van der Waals surface area contributed by atoms with Gasteiger partial charge >= 0.3 is 5.97 Å². The van der Waals surface area contributed by atoms with E-state index in [9.17, 15) is 4.79 Å². The summed E-state index contributed by atoms with van der Waals surface area (Å²) in [4.78, 5) is 11.9. The summed E-state index contributed by atoms with van der Waals surface area (Å²) in [6.45, 7) is 8.13. The molecule has 122 valence electrons. The van der Waals surface area contributed by atoms with Crippen molar-refractivity contribution in [3.05, 3.63) is 65.2 Å². The maximum Gasteiger partial charge on any atom is 0.310 e. The summed E-state index contributed by atoms with van der Waals surface area (Å²) < 4.78 is 11.2. The molecule has 0 aliphatic rings. The minimum absolute atomic E-state index is 0.210. The van der Waals surface area contributed by atoms with E-state index in [4.69, 9.17) is 9.47 Å². The second-order valence-corrected chi connectivity index (χ2v) is 6.63. The molecule has 2 aromatic carbocycles. The molecule has 0 aromatic heterocycles. The molecular formula is C20H24O3. The number of aryl methyl sites for hydroxylation is 1. The summed E-state index contributed by atoms with van der Waals surface area (Å²) in [7, 11) is 0. The van der Waals surface area contributed by atoms with Crippen molar-refractivity contribution >= 4 is 5.97 Å². The highest BCUT2D eigenvalue weighted by Crippen LogP contribution is 2.20. The molecule has 0 saturated carbocycles. The molecule has 0 radical (unpaired) electrons. The summed E-state index contributed by atoms with van der Waals surface area (Å²) in [6, 6.07) is 15.8. The third-order valence-electron chi connectivity index (χ3n) is 3.32. The van der Waals surface area contributed by atoms with Crippen LogP contribution >= 0.6 is 0 Å². The summed E-state index contributed by atoms with van der Waals surface area (Å²) in [5.74, 6) is 0.595. The molecule has 0 bridgehead atoms. The molecule has 0 N–H and O–H groups in total. The van der Waals surface area contributed by atoms with E-state index >= 15 is 0 Å². The lowest BCUT2D eigenvalue weighted by Gasteiger charge is -2.20. The van der Waals surface area contributed by atoms with Crippen LogP contribution in [-0.4, -0.2) is 11.6 Å². The summed E-state index contributed by atoms with van der Waals surface area (Å²) in [6.07, 6.45) is 0.280. The molecule has 0 aliphatic carbocycles. The highest BCUT2D eigenvalue weighted by molar-refractivity contribution is 5.73. The van der Waals surface area contributed by atoms with Gasteiger partial charge in [-0.2, -0.15) is 0 Å². The van der Waals surface area contributed by atoms with E-state index in [-0.39, 0.29) is 12.4 Å². The highest BCUT2D eigenvalue weighted by atomic mass is 16.6. The fourth-order valence-electron chi connectivity index (χ4n) is 2.23. The lowest BCUT2D eigenvalue weighted by molar-refractivity contribution is -0.153. The molecule has 0 heterocycles. The first-order chi connectivity index (χ1) is 10.8. The van der Waals surface area contributed by atoms with Crippen LogP contribution in [0.5, 0.6) is 5.75 Å². The Balaban J connectivity index is 1.96. The second-order valence-electron chi connectivity index (χ2n) is 6.63. The highest BCUT2D eigenvalue weighted by Gasteiger charge is 2.17. The fraction of sp³-hybridized carbons (Fsp3) is 0.350. The minimum atomic E-state index is -0.455. The van der Waals surface area contributed by atoms with Crippen LogP contribution in [0.3, 0.4) is 0 Å². The molecule has 2 aromatic rings. The maximum atomic E-state index is 11.9. The molecule has 3 heteroatoms. The van der Waals surface area contributed by atoms with Gasteiger partial charge in [0.05, 0.1) is 6.42 Å². The molecule has 0 spiro atoms. The van der Waals surface area contributed by atoms with Gasteiger partial charge in [-0.15, -0.1) is 0 Å². The molecule has 2 rings (SSSR count). The molecular weight excluding hydrogens is 288 g/mol. The average Bonchev–Trinajstić information content (AvgIpc) is 2.47. The van der Waals surface area contributed by atoms with Gasteiger partial charge in [0, 0.05) is 0 Å². The summed E-state index contributed by atoms with van der Waals surface area (Å²) in [5.41, 5.74) is 2.67. The average molecular weight is 312 g/mol. The zero-order valence-corrected chi connectivity index (χ0v) is 14.3. The van der Waals surface area contributed by atoms with Crippen molar-refractivity contribution in [2.24, 2.45) is 0 Å². The Morgan fingerprint density at radius 2 is 1.74 bits per heavy atom. The minimum Gasteiger partial charge on any atom is -0.489 e. The van der Waals surface area contributed by atoms with Crippen molar-refractivity contribution in [3.8, 4) is 5.75 Å². The third-order valence-corrected chi connectivity index (χ3v) is 3.32. The lowest BCUT2D eigenvalue weighted by Crippen LogP contribution is -2.25. The Morgan fingerprint density at radius 3 is 2.35 bits per heavy atom. The van der Waals surface area contributed by atoms with E-state index in [1.54, 1.807) is 0 Å². The zero-order chi connectivity index (χ0) is 16.9. The number of hydrogen-bond acceptors (Lipinski definition) is 3. The first-order valence-corrected chi connectivity index (χ1v) is 7.81. The Hall–Kier alpha value is -2.29. The van der Waals surface area contributed by atoms with Crippen LogP contribution in [0.25, 0.3) is 0 Å². The van der Waals surface area contributed by atoms with Gasteiger partial charge in [-0.3, -0.25) is 4.79 Å². The molecule has 0 fully saturated rings. The van der Waals surface area contributed by atoms with Crippen LogP contribution in [-0.2, 0) is 22.6 Å². The zero-order valence-electron chi connectivity index (χ0n) is 14.3. The van der Waals surface area contributed by atoms with Gasteiger partial charge in [-0.25, -0.2) is 0 Å². The predicted molar refractivity (Wildman–Crippen MR) is 91.5 cm³/mol. The third kappa shape index (κ3) is 5.78. The van der Waals surface area contributed by atoms with Gasteiger partial charge in [-0.1, -0.05) is 36.4 Å². The van der Waals surface area contributed by atoms with Crippen molar-refractivity contribution in [3.63, 3.8) is 0 Å². The molecule has 0 saturated heterocycles. The Labute approximate surface area is 138 Å². The van der Waals surface area contributed by atoms with Gasteiger partial charge < -0.3 is 9.47 Å². The number of carbonyl (C=O) groups is 1. The molecule has 0 amide bonds. The first-order valence-electron chi connectivity index (χ1n) is 7.81. The number of rotatable bonds is 5. The van der Waals surface area contributed by atoms with E-state index in [1.165, 1.54) is 0 Å². The maximum absolute atomic E-state index is 11.9. The van der Waals surface area contributed by atoms with Crippen molar-refractivity contribution in [1.82, 2.24) is 0 Å². The summed E-state index contributed by atoms with van der Waals surface area (Å²) in [5, 5.41) is 0. The number of hydrogen-bond donors (Lipinski definition) is 0. The van der Waals surface area contributed by atoms with Crippen molar-refractivity contribution in [1.29, 1.82) is 0 Å². The van der Waals surface area contributed by atoms with Crippen molar-refractivity contribution in [2.75, 3.05) is 0 Å². The Kier molecular flexibility index (Phi) is 5.43. The Morgan fingerprint density at radius 1 is 1.04 bits per heavy atom. The first kappa shape index (κ1) is 17.1. The largest absolute Gasteiger partial charge is 0.489 e. The van der Waals surface area contributed by atoms with Crippen LogP contribution in [0.15, 0.2) is 48.5 Å². The van der Waals surface area contributed by atoms with Crippen LogP contribution in [0.1, 0.15) is 37.5 Å². The van der Waals surface area contributed by atoms with Crippen LogP contribution in [0, 0.1) is 6.92 Å². The van der Waals surface area contributed by atoms with Crippen molar-refractivity contribution in [2.45, 2.75) is 46.3 Å². The lowest BCUT2D eigenvalue weighted by atomic mass is 10.1. The molecule has 0 aliphatic heterocycles. The topological polar surface area (TPSA) is 35.5 Å². The van der Waals surface area contributed by atoms with Crippen molar-refractivity contribution < 1.29 is 14.3 Å². The normalized spacial score (nSPS) is 11.1. The monoisotopic (exact) mass is 312 g/mol. The van der Waals surface area contributed by atoms with E-state index in [2.05, 4.69) is 0 Å². The predicted octanol–water partition coefficient (Wildman–Crippen LogP) is 4.46. The van der Waals surface area contributed by atoms with Gasteiger partial charge in [-0.05, 0) is 56.5 Å². The molecule has 23 heavy (non-hydrogen) atoms. The summed E-state index contributed by atoms with van der Waals surface area (Å²) >= 11 is 0. The molecule has 3 nitrogen and oxygen atoms in total. The number of carbonyl (C=O) groups excluding carboxylic acids is 1. The van der Waals surface area contributed by atoms with Crippen LogP contribution in [0.2, 0.25) is 0 Å².